The van der Waals surface area contributed by atoms with Gasteiger partial charge < -0.3 is 20.3 Å². The highest BCUT2D eigenvalue weighted by Gasteiger charge is 2.42. The van der Waals surface area contributed by atoms with Crippen LogP contribution >= 0.6 is 11.3 Å². The van der Waals surface area contributed by atoms with Gasteiger partial charge in [-0.3, -0.25) is 14.4 Å². The number of anilines is 1. The number of carbonyl (C=O) groups is 3. The van der Waals surface area contributed by atoms with Crippen LogP contribution in [0, 0.1) is 19.7 Å². The lowest BCUT2D eigenvalue weighted by Gasteiger charge is -2.42. The second-order valence-corrected chi connectivity index (χ2v) is 9.87. The monoisotopic (exact) mass is 483 g/mol. The molecule has 1 aliphatic rings. The zero-order chi connectivity index (χ0) is 24.8. The highest BCUT2D eigenvalue weighted by molar-refractivity contribution is 7.08. The van der Waals surface area contributed by atoms with Crippen molar-refractivity contribution in [2.24, 2.45) is 7.05 Å². The van der Waals surface area contributed by atoms with Crippen LogP contribution in [0.4, 0.5) is 10.1 Å². The molecule has 0 bridgehead atoms. The molecule has 34 heavy (non-hydrogen) atoms. The Hall–Kier alpha value is -3.30. The number of aliphatic hydroxyl groups is 1. The summed E-state index contributed by atoms with van der Waals surface area (Å²) in [5, 5.41) is 18.8. The van der Waals surface area contributed by atoms with E-state index < -0.39 is 29.2 Å². The predicted molar refractivity (Wildman–Crippen MR) is 129 cm³/mol. The smallest absolute Gasteiger partial charge is 0.294 e. The molecule has 0 saturated heterocycles. The molecule has 7 nitrogen and oxygen atoms in total. The summed E-state index contributed by atoms with van der Waals surface area (Å²) in [7, 11) is 1.65. The number of hydrogen-bond donors (Lipinski definition) is 3. The van der Waals surface area contributed by atoms with Crippen LogP contribution < -0.4 is 10.6 Å². The number of rotatable bonds is 6. The number of nitrogens with zero attached hydrogens (tertiary/aromatic N) is 1. The van der Waals surface area contributed by atoms with Crippen LogP contribution in [-0.2, 0) is 11.8 Å². The number of Topliss-reactive ketones (excluding diaryl/α,β-unsaturated/α-hetero) is 1. The number of halogens is 1. The van der Waals surface area contributed by atoms with Gasteiger partial charge in [0.15, 0.2) is 0 Å². The third kappa shape index (κ3) is 4.28. The molecule has 1 fully saturated rings. The molecule has 3 aromatic rings. The number of aliphatic hydroxyl groups excluding tert-OH is 1. The maximum atomic E-state index is 13.7. The minimum absolute atomic E-state index is 0.114. The van der Waals surface area contributed by atoms with Gasteiger partial charge in [-0.15, -0.1) is 0 Å². The van der Waals surface area contributed by atoms with E-state index in [4.69, 9.17) is 0 Å². The molecule has 2 heterocycles. The molecule has 2 aromatic heterocycles. The van der Waals surface area contributed by atoms with Gasteiger partial charge >= 0.3 is 0 Å². The van der Waals surface area contributed by atoms with Crippen LogP contribution in [0.3, 0.4) is 0 Å². The van der Waals surface area contributed by atoms with Crippen LogP contribution in [0.15, 0.2) is 35.0 Å². The van der Waals surface area contributed by atoms with Gasteiger partial charge in [0.05, 0.1) is 23.1 Å². The SMILES string of the molecule is Cc1cc(NC(=O)c2c(C)c(C(=O)C(=O)N[C@]3(C)C[C@H](O)C3)n(C)c2-c2ccsc2)ccc1F. The van der Waals surface area contributed by atoms with Crippen LogP contribution in [-0.4, -0.2) is 38.9 Å². The lowest BCUT2D eigenvalue weighted by molar-refractivity contribution is -0.121. The molecule has 9 heteroatoms. The third-order valence-corrected chi connectivity index (χ3v) is 6.97. The molecule has 0 spiro atoms. The molecule has 4 rings (SSSR count). The molecule has 178 valence electrons. The lowest BCUT2D eigenvalue weighted by Crippen LogP contribution is -2.58. The van der Waals surface area contributed by atoms with Gasteiger partial charge in [0, 0.05) is 29.2 Å². The van der Waals surface area contributed by atoms with Crippen molar-refractivity contribution in [1.29, 1.82) is 0 Å². The Labute approximate surface area is 200 Å². The van der Waals surface area contributed by atoms with Gasteiger partial charge in [-0.2, -0.15) is 11.3 Å². The van der Waals surface area contributed by atoms with Crippen molar-refractivity contribution in [1.82, 2.24) is 9.88 Å². The van der Waals surface area contributed by atoms with Crippen LogP contribution in [0.2, 0.25) is 0 Å². The average Bonchev–Trinajstić information content (AvgIpc) is 3.35. The van der Waals surface area contributed by atoms with Crippen molar-refractivity contribution in [3.05, 3.63) is 63.2 Å². The first-order chi connectivity index (χ1) is 16.0. The number of amides is 2. The van der Waals surface area contributed by atoms with E-state index in [1.807, 2.05) is 16.8 Å². The largest absolute Gasteiger partial charge is 0.393 e. The van der Waals surface area contributed by atoms with Crippen molar-refractivity contribution in [3.63, 3.8) is 0 Å². The summed E-state index contributed by atoms with van der Waals surface area (Å²) in [4.78, 5) is 39.4. The Kier molecular flexibility index (Phi) is 6.18. The van der Waals surface area contributed by atoms with Gasteiger partial charge in [0.25, 0.3) is 17.6 Å². The number of nitrogens with one attached hydrogen (secondary N) is 2. The Morgan fingerprint density at radius 2 is 1.91 bits per heavy atom. The Balaban J connectivity index is 1.72. The summed E-state index contributed by atoms with van der Waals surface area (Å²) in [5.74, 6) is -2.37. The van der Waals surface area contributed by atoms with Crippen molar-refractivity contribution in [2.45, 2.75) is 45.3 Å². The predicted octanol–water partition coefficient (Wildman–Crippen LogP) is 3.97. The number of thiophene rings is 1. The van der Waals surface area contributed by atoms with Crippen LogP contribution in [0.5, 0.6) is 0 Å². The number of aromatic nitrogens is 1. The molecule has 1 saturated carbocycles. The third-order valence-electron chi connectivity index (χ3n) is 6.28. The molecule has 0 unspecified atom stereocenters. The van der Waals surface area contributed by atoms with E-state index in [1.54, 1.807) is 32.4 Å². The first kappa shape index (κ1) is 23.8. The molecule has 2 amide bonds. The van der Waals surface area contributed by atoms with Gasteiger partial charge in [-0.25, -0.2) is 4.39 Å². The molecule has 0 radical (unpaired) electrons. The zero-order valence-electron chi connectivity index (χ0n) is 19.4. The van der Waals surface area contributed by atoms with Crippen molar-refractivity contribution in [2.75, 3.05) is 5.32 Å². The first-order valence-corrected chi connectivity index (χ1v) is 11.8. The molecular formula is C25H26FN3O4S. The fraction of sp³-hybridized carbons (Fsp3) is 0.320. The quantitative estimate of drug-likeness (QED) is 0.365. The molecule has 1 aromatic carbocycles. The van der Waals surface area contributed by atoms with Crippen molar-refractivity contribution < 1.29 is 23.9 Å². The molecule has 0 atom stereocenters. The Morgan fingerprint density at radius 3 is 2.50 bits per heavy atom. The second kappa shape index (κ2) is 8.81. The second-order valence-electron chi connectivity index (χ2n) is 9.09. The maximum Gasteiger partial charge on any atom is 0.294 e. The molecule has 0 aliphatic heterocycles. The summed E-state index contributed by atoms with van der Waals surface area (Å²) < 4.78 is 15.2. The highest BCUT2D eigenvalue weighted by Crippen LogP contribution is 2.34. The molecule has 1 aliphatic carbocycles. The number of hydrogen-bond acceptors (Lipinski definition) is 5. The first-order valence-electron chi connectivity index (χ1n) is 10.8. The Bertz CT molecular complexity index is 1290. The number of carbonyl (C=O) groups excluding carboxylic acids is 3. The summed E-state index contributed by atoms with van der Waals surface area (Å²) >= 11 is 1.44. The minimum atomic E-state index is -0.781. The van der Waals surface area contributed by atoms with E-state index in [2.05, 4.69) is 10.6 Å². The van der Waals surface area contributed by atoms with Crippen molar-refractivity contribution in [3.8, 4) is 11.3 Å². The summed E-state index contributed by atoms with van der Waals surface area (Å²) in [6.07, 6.45) is 0.263. The normalized spacial score (nSPS) is 19.4. The molecule has 3 N–H and O–H groups in total. The fourth-order valence-corrected chi connectivity index (χ4v) is 5.24. The summed E-state index contributed by atoms with van der Waals surface area (Å²) in [5.41, 5.74) is 2.18. The highest BCUT2D eigenvalue weighted by atomic mass is 32.1. The average molecular weight is 484 g/mol. The van der Waals surface area contributed by atoms with Gasteiger partial charge in [-0.05, 0) is 74.4 Å². The van der Waals surface area contributed by atoms with E-state index in [0.29, 0.717) is 35.3 Å². The van der Waals surface area contributed by atoms with E-state index in [0.717, 1.165) is 5.56 Å². The van der Waals surface area contributed by atoms with Gasteiger partial charge in [0.1, 0.15) is 5.82 Å². The maximum absolute atomic E-state index is 13.7. The number of ketones is 1. The van der Waals surface area contributed by atoms with Crippen LogP contribution in [0.25, 0.3) is 11.3 Å². The van der Waals surface area contributed by atoms with E-state index in [1.165, 1.54) is 29.5 Å². The topological polar surface area (TPSA) is 100 Å². The van der Waals surface area contributed by atoms with Crippen LogP contribution in [0.1, 0.15) is 51.7 Å². The van der Waals surface area contributed by atoms with Crippen molar-refractivity contribution >= 4 is 34.6 Å². The van der Waals surface area contributed by atoms with Gasteiger partial charge in [-0.1, -0.05) is 0 Å². The van der Waals surface area contributed by atoms with E-state index >= 15 is 0 Å². The van der Waals surface area contributed by atoms with Gasteiger partial charge in [0.2, 0.25) is 0 Å². The zero-order valence-corrected chi connectivity index (χ0v) is 20.2. The number of aryl methyl sites for hydroxylation is 1. The summed E-state index contributed by atoms with van der Waals surface area (Å²) in [6, 6.07) is 6.11. The Morgan fingerprint density at radius 1 is 1.21 bits per heavy atom. The number of benzene rings is 1. The van der Waals surface area contributed by atoms with E-state index in [9.17, 15) is 23.9 Å². The minimum Gasteiger partial charge on any atom is -0.393 e. The standard InChI is InChI=1S/C25H26FN3O4S/c1-13-9-16(5-6-18(13)26)27-23(32)19-14(2)20(29(4)21(19)15-7-8-34-12-15)22(31)24(33)28-25(3)10-17(30)11-25/h5-9,12,17,30H,10-11H2,1-4H3,(H,27,32)(H,28,33)/t17-,25+. The lowest BCUT2D eigenvalue weighted by atomic mass is 9.76. The summed E-state index contributed by atoms with van der Waals surface area (Å²) in [6.45, 7) is 5.02. The van der Waals surface area contributed by atoms with E-state index in [-0.39, 0.29) is 17.1 Å². The fourth-order valence-electron chi connectivity index (χ4n) is 4.60. The molecular weight excluding hydrogens is 457 g/mol.